The van der Waals surface area contributed by atoms with Gasteiger partial charge in [0.25, 0.3) is 0 Å². The number of nitrogens with one attached hydrogen (secondary N) is 1. The molecule has 3 N–H and O–H groups in total. The second-order valence-electron chi connectivity index (χ2n) is 3.97. The summed E-state index contributed by atoms with van der Waals surface area (Å²) in [5.41, 5.74) is 7.53. The first-order chi connectivity index (χ1) is 8.56. The molecule has 0 aliphatic rings. The Kier molecular flexibility index (Phi) is 3.53. The zero-order chi connectivity index (χ0) is 13.1. The summed E-state index contributed by atoms with van der Waals surface area (Å²) in [6.45, 7) is 0. The second-order valence-corrected chi connectivity index (χ2v) is 4.36. The molecule has 1 aromatic carbocycles. The van der Waals surface area contributed by atoms with E-state index in [1.807, 2.05) is 43.3 Å². The molecule has 0 amide bonds. The van der Waals surface area contributed by atoms with Crippen molar-refractivity contribution in [3.05, 3.63) is 35.5 Å². The number of anilines is 4. The average molecular weight is 264 g/mol. The summed E-state index contributed by atoms with van der Waals surface area (Å²) in [5, 5.41) is 3.49. The van der Waals surface area contributed by atoms with Crippen LogP contribution >= 0.6 is 11.6 Å². The Bertz CT molecular complexity index is 536. The summed E-state index contributed by atoms with van der Waals surface area (Å²) in [4.78, 5) is 9.91. The first-order valence-electron chi connectivity index (χ1n) is 5.39. The van der Waals surface area contributed by atoms with Crippen molar-refractivity contribution in [1.82, 2.24) is 9.97 Å². The lowest BCUT2D eigenvalue weighted by molar-refractivity contribution is 1.13. The molecule has 6 heteroatoms. The fraction of sp³-hybridized carbons (Fsp3) is 0.167. The number of nitrogens with zero attached hydrogens (tertiary/aromatic N) is 3. The minimum Gasteiger partial charge on any atom is -0.376 e. The molecule has 2 rings (SSSR count). The van der Waals surface area contributed by atoms with Gasteiger partial charge >= 0.3 is 0 Å². The van der Waals surface area contributed by atoms with E-state index < -0.39 is 0 Å². The van der Waals surface area contributed by atoms with Gasteiger partial charge < -0.3 is 16.0 Å². The highest BCUT2D eigenvalue weighted by Crippen LogP contribution is 2.27. The molecule has 0 atom stereocenters. The van der Waals surface area contributed by atoms with E-state index in [-0.39, 0.29) is 5.95 Å². The van der Waals surface area contributed by atoms with Crippen LogP contribution in [-0.2, 0) is 0 Å². The molecule has 2 aromatic rings. The molecule has 18 heavy (non-hydrogen) atoms. The van der Waals surface area contributed by atoms with Crippen molar-refractivity contribution in [2.45, 2.75) is 0 Å². The number of hydrogen-bond donors (Lipinski definition) is 2. The third kappa shape index (κ3) is 2.81. The van der Waals surface area contributed by atoms with Gasteiger partial charge in [-0.25, -0.2) is 4.98 Å². The zero-order valence-electron chi connectivity index (χ0n) is 10.2. The molecule has 5 nitrogen and oxygen atoms in total. The number of hydrogen-bond acceptors (Lipinski definition) is 5. The summed E-state index contributed by atoms with van der Waals surface area (Å²) < 4.78 is 0. The maximum absolute atomic E-state index is 5.84. The molecule has 0 aliphatic heterocycles. The van der Waals surface area contributed by atoms with Gasteiger partial charge in [0.15, 0.2) is 0 Å². The van der Waals surface area contributed by atoms with Gasteiger partial charge in [0.2, 0.25) is 5.95 Å². The molecular formula is C12H14ClN5. The number of benzene rings is 1. The average Bonchev–Trinajstić information content (AvgIpc) is 2.27. The van der Waals surface area contributed by atoms with Gasteiger partial charge in [-0.1, -0.05) is 23.7 Å². The first kappa shape index (κ1) is 12.4. The summed E-state index contributed by atoms with van der Waals surface area (Å²) >= 11 is 5.84. The Morgan fingerprint density at radius 3 is 2.61 bits per heavy atom. The Morgan fingerprint density at radius 1 is 1.22 bits per heavy atom. The summed E-state index contributed by atoms with van der Waals surface area (Å²) in [5.74, 6) is 0.717. The quantitative estimate of drug-likeness (QED) is 0.833. The number of halogens is 1. The number of para-hydroxylation sites is 2. The predicted molar refractivity (Wildman–Crippen MR) is 75.5 cm³/mol. The Morgan fingerprint density at radius 2 is 1.94 bits per heavy atom. The Labute approximate surface area is 111 Å². The Balaban J connectivity index is 2.34. The lowest BCUT2D eigenvalue weighted by Crippen LogP contribution is -2.11. The van der Waals surface area contributed by atoms with E-state index in [4.69, 9.17) is 17.3 Å². The van der Waals surface area contributed by atoms with Gasteiger partial charge in [-0.2, -0.15) is 4.98 Å². The fourth-order valence-electron chi connectivity index (χ4n) is 1.61. The smallest absolute Gasteiger partial charge is 0.223 e. The lowest BCUT2D eigenvalue weighted by Gasteiger charge is -2.18. The van der Waals surface area contributed by atoms with Crippen molar-refractivity contribution in [2.75, 3.05) is 30.0 Å². The summed E-state index contributed by atoms with van der Waals surface area (Å²) in [7, 11) is 3.95. The van der Waals surface area contributed by atoms with Gasteiger partial charge in [0, 0.05) is 20.2 Å². The van der Waals surface area contributed by atoms with Gasteiger partial charge in [-0.05, 0) is 12.1 Å². The van der Waals surface area contributed by atoms with E-state index in [1.54, 1.807) is 6.07 Å². The lowest BCUT2D eigenvalue weighted by atomic mass is 10.2. The fourth-order valence-corrected chi connectivity index (χ4v) is 1.80. The molecule has 0 saturated heterocycles. The first-order valence-corrected chi connectivity index (χ1v) is 5.77. The maximum Gasteiger partial charge on any atom is 0.223 e. The summed E-state index contributed by atoms with van der Waals surface area (Å²) in [6.07, 6.45) is 0. The van der Waals surface area contributed by atoms with Crippen molar-refractivity contribution < 1.29 is 0 Å². The van der Waals surface area contributed by atoms with Gasteiger partial charge in [0.05, 0.1) is 11.4 Å². The van der Waals surface area contributed by atoms with Crippen LogP contribution in [0, 0.1) is 0 Å². The number of rotatable bonds is 3. The van der Waals surface area contributed by atoms with E-state index in [0.717, 1.165) is 11.4 Å². The molecule has 0 saturated carbocycles. The topological polar surface area (TPSA) is 67.1 Å². The Hall–Kier alpha value is -2.01. The van der Waals surface area contributed by atoms with Crippen LogP contribution in [0.5, 0.6) is 0 Å². The molecule has 0 aliphatic carbocycles. The minimum absolute atomic E-state index is 0.146. The highest BCUT2D eigenvalue weighted by atomic mass is 35.5. The largest absolute Gasteiger partial charge is 0.376 e. The normalized spacial score (nSPS) is 10.2. The second kappa shape index (κ2) is 5.10. The molecule has 0 fully saturated rings. The van der Waals surface area contributed by atoms with Crippen LogP contribution in [-0.4, -0.2) is 24.1 Å². The van der Waals surface area contributed by atoms with Crippen LogP contribution in [0.15, 0.2) is 30.3 Å². The predicted octanol–water partition coefficient (Wildman–Crippen LogP) is 2.52. The van der Waals surface area contributed by atoms with Crippen molar-refractivity contribution in [3.8, 4) is 0 Å². The monoisotopic (exact) mass is 263 g/mol. The van der Waals surface area contributed by atoms with Crippen molar-refractivity contribution >= 4 is 34.7 Å². The molecule has 0 spiro atoms. The minimum atomic E-state index is 0.146. The molecule has 0 unspecified atom stereocenters. The zero-order valence-corrected chi connectivity index (χ0v) is 10.9. The highest BCUT2D eigenvalue weighted by Gasteiger charge is 2.06. The van der Waals surface area contributed by atoms with Crippen molar-refractivity contribution in [1.29, 1.82) is 0 Å². The molecule has 0 radical (unpaired) electrons. The van der Waals surface area contributed by atoms with E-state index in [2.05, 4.69) is 15.3 Å². The van der Waals surface area contributed by atoms with Crippen molar-refractivity contribution in [2.24, 2.45) is 0 Å². The number of nitrogens with two attached hydrogens (primary N) is 1. The van der Waals surface area contributed by atoms with Crippen molar-refractivity contribution in [3.63, 3.8) is 0 Å². The van der Waals surface area contributed by atoms with E-state index in [1.165, 1.54) is 0 Å². The van der Waals surface area contributed by atoms with E-state index in [0.29, 0.717) is 11.0 Å². The number of aromatic nitrogens is 2. The molecule has 94 valence electrons. The van der Waals surface area contributed by atoms with Crippen LogP contribution in [0.3, 0.4) is 0 Å². The van der Waals surface area contributed by atoms with Gasteiger partial charge in [-0.15, -0.1) is 0 Å². The van der Waals surface area contributed by atoms with E-state index >= 15 is 0 Å². The summed E-state index contributed by atoms with van der Waals surface area (Å²) in [6, 6.07) is 9.52. The van der Waals surface area contributed by atoms with Crippen LogP contribution in [0.2, 0.25) is 5.15 Å². The molecule has 1 aromatic heterocycles. The van der Waals surface area contributed by atoms with Gasteiger partial charge in [0.1, 0.15) is 11.0 Å². The van der Waals surface area contributed by atoms with E-state index in [9.17, 15) is 0 Å². The highest BCUT2D eigenvalue weighted by molar-refractivity contribution is 6.29. The molecule has 1 heterocycles. The van der Waals surface area contributed by atoms with Crippen LogP contribution < -0.4 is 16.0 Å². The maximum atomic E-state index is 5.84. The van der Waals surface area contributed by atoms with Gasteiger partial charge in [-0.3, -0.25) is 0 Å². The third-order valence-corrected chi connectivity index (χ3v) is 2.55. The van der Waals surface area contributed by atoms with Crippen LogP contribution in [0.1, 0.15) is 0 Å². The SMILES string of the molecule is CN(C)c1ccccc1Nc1cc(Cl)nc(N)n1. The molecular weight excluding hydrogens is 250 g/mol. The molecule has 0 bridgehead atoms. The third-order valence-electron chi connectivity index (χ3n) is 2.36. The van der Waals surface area contributed by atoms with Crippen LogP contribution in [0.25, 0.3) is 0 Å². The number of nitrogen functional groups attached to an aromatic ring is 1. The standard InChI is InChI=1S/C12H14ClN5/c1-18(2)9-6-4-3-5-8(9)15-11-7-10(13)16-12(14)17-11/h3-7H,1-2H3,(H3,14,15,16,17). The van der Waals surface area contributed by atoms with Crippen LogP contribution in [0.4, 0.5) is 23.1 Å².